The topological polar surface area (TPSA) is 24.9 Å². The number of benzene rings is 1. The Kier molecular flexibility index (Phi) is 4.84. The van der Waals surface area contributed by atoms with Crippen LogP contribution in [0, 0.1) is 0 Å². The third-order valence-electron chi connectivity index (χ3n) is 2.96. The summed E-state index contributed by atoms with van der Waals surface area (Å²) in [5.74, 6) is 0. The normalized spacial score (nSPS) is 12.8. The van der Waals surface area contributed by atoms with E-state index >= 15 is 0 Å². The summed E-state index contributed by atoms with van der Waals surface area (Å²) in [5, 5.41) is 5.24. The van der Waals surface area contributed by atoms with E-state index < -0.39 is 0 Å². The van der Waals surface area contributed by atoms with Crippen LogP contribution in [0.15, 0.2) is 18.2 Å². The molecule has 0 aliphatic heterocycles. The van der Waals surface area contributed by atoms with E-state index in [0.29, 0.717) is 6.04 Å². The van der Waals surface area contributed by atoms with Crippen LogP contribution < -0.4 is 5.32 Å². The summed E-state index contributed by atoms with van der Waals surface area (Å²) in [7, 11) is 0. The first kappa shape index (κ1) is 13.6. The van der Waals surface area contributed by atoms with Gasteiger partial charge < -0.3 is 5.32 Å². The number of hydrogen-bond acceptors (Lipinski definition) is 3. The first-order valence-electron chi connectivity index (χ1n) is 6.51. The lowest BCUT2D eigenvalue weighted by Crippen LogP contribution is -2.14. The van der Waals surface area contributed by atoms with Gasteiger partial charge in [0.2, 0.25) is 0 Å². The Hall–Kier alpha value is -0.800. The molecule has 1 N–H and O–H groups in total. The van der Waals surface area contributed by atoms with E-state index in [0.717, 1.165) is 20.4 Å². The smallest absolute Gasteiger partial charge is 0.183 e. The summed E-state index contributed by atoms with van der Waals surface area (Å²) in [6.45, 7) is 4.45. The van der Waals surface area contributed by atoms with Gasteiger partial charge in [-0.25, -0.2) is 4.98 Å². The van der Waals surface area contributed by atoms with Crippen LogP contribution in [0.5, 0.6) is 0 Å². The highest BCUT2D eigenvalue weighted by atomic mass is 35.5. The minimum Gasteiger partial charge on any atom is -0.359 e. The van der Waals surface area contributed by atoms with Crippen molar-refractivity contribution in [2.75, 3.05) is 5.32 Å². The average Bonchev–Trinajstić information content (AvgIpc) is 2.70. The maximum absolute atomic E-state index is 5.98. The zero-order chi connectivity index (χ0) is 13.0. The number of nitrogens with zero attached hydrogens (tertiary/aromatic N) is 1. The molecular weight excluding hydrogens is 264 g/mol. The first-order valence-corrected chi connectivity index (χ1v) is 7.71. The van der Waals surface area contributed by atoms with Gasteiger partial charge in [-0.05, 0) is 31.5 Å². The molecule has 1 heterocycles. The van der Waals surface area contributed by atoms with Crippen molar-refractivity contribution in [2.24, 2.45) is 0 Å². The summed E-state index contributed by atoms with van der Waals surface area (Å²) in [6.07, 6.45) is 5.06. The number of hydrogen-bond donors (Lipinski definition) is 1. The van der Waals surface area contributed by atoms with Gasteiger partial charge >= 0.3 is 0 Å². The second-order valence-electron chi connectivity index (χ2n) is 4.67. The number of unbranched alkanes of at least 4 members (excludes halogenated alkanes) is 2. The van der Waals surface area contributed by atoms with E-state index in [1.807, 2.05) is 18.2 Å². The molecule has 0 aliphatic rings. The molecule has 4 heteroatoms. The largest absolute Gasteiger partial charge is 0.359 e. The van der Waals surface area contributed by atoms with Crippen molar-refractivity contribution in [3.8, 4) is 0 Å². The maximum Gasteiger partial charge on any atom is 0.183 e. The minimum atomic E-state index is 0.479. The molecule has 1 aromatic heterocycles. The highest BCUT2D eigenvalue weighted by molar-refractivity contribution is 7.22. The predicted octanol–water partition coefficient (Wildman–Crippen LogP) is 5.33. The molecule has 0 aliphatic carbocycles. The van der Waals surface area contributed by atoms with Crippen LogP contribution in [-0.4, -0.2) is 11.0 Å². The van der Waals surface area contributed by atoms with Crippen molar-refractivity contribution in [3.05, 3.63) is 23.2 Å². The molecular formula is C14H19ClN2S. The molecule has 0 saturated heterocycles. The molecule has 1 unspecified atom stereocenters. The lowest BCUT2D eigenvalue weighted by molar-refractivity contribution is 0.615. The number of halogens is 1. The SMILES string of the molecule is CCCCCC(C)Nc1nc2ccc(Cl)cc2s1. The van der Waals surface area contributed by atoms with Crippen LogP contribution in [0.4, 0.5) is 5.13 Å². The standard InChI is InChI=1S/C14H19ClN2S/c1-3-4-5-6-10(2)16-14-17-12-8-7-11(15)9-13(12)18-14/h7-10H,3-6H2,1-2H3,(H,16,17). The van der Waals surface area contributed by atoms with Crippen LogP contribution in [0.3, 0.4) is 0 Å². The fourth-order valence-electron chi connectivity index (χ4n) is 1.94. The van der Waals surface area contributed by atoms with Crippen LogP contribution in [0.2, 0.25) is 5.02 Å². The molecule has 0 saturated carbocycles. The molecule has 0 amide bonds. The molecule has 2 rings (SSSR count). The van der Waals surface area contributed by atoms with Crippen molar-refractivity contribution >= 4 is 38.3 Å². The maximum atomic E-state index is 5.98. The monoisotopic (exact) mass is 282 g/mol. The lowest BCUT2D eigenvalue weighted by Gasteiger charge is -2.11. The fraction of sp³-hybridized carbons (Fsp3) is 0.500. The number of rotatable bonds is 6. The number of thiazole rings is 1. The molecule has 0 spiro atoms. The van der Waals surface area contributed by atoms with Crippen molar-refractivity contribution in [2.45, 2.75) is 45.6 Å². The Morgan fingerprint density at radius 3 is 3.00 bits per heavy atom. The fourth-order valence-corrected chi connectivity index (χ4v) is 3.20. The molecule has 0 radical (unpaired) electrons. The van der Waals surface area contributed by atoms with Crippen LogP contribution in [-0.2, 0) is 0 Å². The Morgan fingerprint density at radius 2 is 2.22 bits per heavy atom. The quantitative estimate of drug-likeness (QED) is 0.724. The van der Waals surface area contributed by atoms with Crippen molar-refractivity contribution in [1.29, 1.82) is 0 Å². The number of fused-ring (bicyclic) bond motifs is 1. The van der Waals surface area contributed by atoms with Crippen LogP contribution >= 0.6 is 22.9 Å². The molecule has 1 aromatic carbocycles. The molecule has 98 valence electrons. The van der Waals surface area contributed by atoms with Gasteiger partial charge in [-0.2, -0.15) is 0 Å². The molecule has 0 fully saturated rings. The van der Waals surface area contributed by atoms with Gasteiger partial charge in [0.25, 0.3) is 0 Å². The van der Waals surface area contributed by atoms with E-state index in [2.05, 4.69) is 24.1 Å². The van der Waals surface area contributed by atoms with E-state index in [-0.39, 0.29) is 0 Å². The van der Waals surface area contributed by atoms with Gasteiger partial charge in [-0.15, -0.1) is 0 Å². The van der Waals surface area contributed by atoms with Crippen LogP contribution in [0.1, 0.15) is 39.5 Å². The van der Waals surface area contributed by atoms with Gasteiger partial charge in [0, 0.05) is 11.1 Å². The summed E-state index contributed by atoms with van der Waals surface area (Å²) in [5.41, 5.74) is 1.02. The highest BCUT2D eigenvalue weighted by Gasteiger charge is 2.07. The lowest BCUT2D eigenvalue weighted by atomic mass is 10.1. The summed E-state index contributed by atoms with van der Waals surface area (Å²) in [6, 6.07) is 6.31. The average molecular weight is 283 g/mol. The van der Waals surface area contributed by atoms with Gasteiger partial charge in [-0.1, -0.05) is 49.1 Å². The Balaban J connectivity index is 1.98. The van der Waals surface area contributed by atoms with E-state index in [1.54, 1.807) is 11.3 Å². The summed E-state index contributed by atoms with van der Waals surface area (Å²) >= 11 is 7.65. The number of anilines is 1. The number of aromatic nitrogens is 1. The second kappa shape index (κ2) is 6.39. The Labute approximate surface area is 117 Å². The zero-order valence-corrected chi connectivity index (χ0v) is 12.4. The summed E-state index contributed by atoms with van der Waals surface area (Å²) < 4.78 is 1.14. The van der Waals surface area contributed by atoms with Crippen LogP contribution in [0.25, 0.3) is 10.2 Å². The molecule has 18 heavy (non-hydrogen) atoms. The van der Waals surface area contributed by atoms with E-state index in [4.69, 9.17) is 11.6 Å². The molecule has 0 bridgehead atoms. The second-order valence-corrected chi connectivity index (χ2v) is 6.14. The molecule has 1 atom stereocenters. The predicted molar refractivity (Wildman–Crippen MR) is 81.9 cm³/mol. The minimum absolute atomic E-state index is 0.479. The van der Waals surface area contributed by atoms with Gasteiger partial charge in [0.05, 0.1) is 10.2 Å². The van der Waals surface area contributed by atoms with Crippen molar-refractivity contribution in [3.63, 3.8) is 0 Å². The third kappa shape index (κ3) is 3.59. The molecule has 2 aromatic rings. The highest BCUT2D eigenvalue weighted by Crippen LogP contribution is 2.28. The van der Waals surface area contributed by atoms with Gasteiger partial charge in [-0.3, -0.25) is 0 Å². The molecule has 2 nitrogen and oxygen atoms in total. The van der Waals surface area contributed by atoms with E-state index in [1.165, 1.54) is 25.7 Å². The van der Waals surface area contributed by atoms with Gasteiger partial charge in [0.15, 0.2) is 5.13 Å². The Morgan fingerprint density at radius 1 is 1.39 bits per heavy atom. The number of nitrogens with one attached hydrogen (secondary N) is 1. The van der Waals surface area contributed by atoms with Gasteiger partial charge in [0.1, 0.15) is 0 Å². The first-order chi connectivity index (χ1) is 8.69. The van der Waals surface area contributed by atoms with Crippen molar-refractivity contribution < 1.29 is 0 Å². The Bertz CT molecular complexity index is 509. The summed E-state index contributed by atoms with van der Waals surface area (Å²) in [4.78, 5) is 4.57. The van der Waals surface area contributed by atoms with E-state index in [9.17, 15) is 0 Å². The van der Waals surface area contributed by atoms with Crippen molar-refractivity contribution in [1.82, 2.24) is 4.98 Å². The zero-order valence-electron chi connectivity index (χ0n) is 10.9. The third-order valence-corrected chi connectivity index (χ3v) is 4.15.